The van der Waals surface area contributed by atoms with Crippen molar-refractivity contribution in [3.63, 3.8) is 0 Å². The number of hydrogen-bond donors (Lipinski definition) is 1. The van der Waals surface area contributed by atoms with E-state index in [0.717, 1.165) is 11.3 Å². The molecule has 0 aliphatic rings. The number of aromatic nitrogens is 2. The van der Waals surface area contributed by atoms with Crippen LogP contribution in [0.5, 0.6) is 5.75 Å². The Kier molecular flexibility index (Phi) is 4.79. The normalized spacial score (nSPS) is 11.8. The number of nitrogens with zero attached hydrogens (tertiary/aromatic N) is 2. The van der Waals surface area contributed by atoms with E-state index in [4.69, 9.17) is 4.74 Å². The van der Waals surface area contributed by atoms with E-state index in [0.29, 0.717) is 0 Å². The van der Waals surface area contributed by atoms with Gasteiger partial charge in [0.1, 0.15) is 17.1 Å². The number of carbonyl (C=O) groups is 1. The Morgan fingerprint density at radius 3 is 2.72 bits per heavy atom. The molecule has 0 unspecified atom stereocenters. The fraction of sp³-hybridized carbons (Fsp3) is 0.158. The van der Waals surface area contributed by atoms with Gasteiger partial charge in [0.25, 0.3) is 5.91 Å². The molecule has 25 heavy (non-hydrogen) atoms. The summed E-state index contributed by atoms with van der Waals surface area (Å²) in [6, 6.07) is 13.4. The summed E-state index contributed by atoms with van der Waals surface area (Å²) in [6.07, 6.45) is 3.51. The minimum Gasteiger partial charge on any atom is -0.496 e. The summed E-state index contributed by atoms with van der Waals surface area (Å²) < 4.78 is 20.9. The lowest BCUT2D eigenvalue weighted by Crippen LogP contribution is -2.28. The van der Waals surface area contributed by atoms with Gasteiger partial charge in [-0.25, -0.2) is 9.07 Å². The topological polar surface area (TPSA) is 56.1 Å². The van der Waals surface area contributed by atoms with Gasteiger partial charge in [0.15, 0.2) is 0 Å². The summed E-state index contributed by atoms with van der Waals surface area (Å²) in [4.78, 5) is 12.6. The third-order valence-electron chi connectivity index (χ3n) is 3.92. The Morgan fingerprint density at radius 1 is 1.20 bits per heavy atom. The lowest BCUT2D eigenvalue weighted by Gasteiger charge is -2.19. The van der Waals surface area contributed by atoms with Crippen LogP contribution < -0.4 is 10.1 Å². The minimum atomic E-state index is -0.621. The first-order valence-corrected chi connectivity index (χ1v) is 7.84. The predicted molar refractivity (Wildman–Crippen MR) is 92.4 cm³/mol. The summed E-state index contributed by atoms with van der Waals surface area (Å²) in [7, 11) is 1.40. The Bertz CT molecular complexity index is 878. The fourth-order valence-corrected chi connectivity index (χ4v) is 2.72. The second-order valence-electron chi connectivity index (χ2n) is 5.52. The van der Waals surface area contributed by atoms with E-state index in [1.54, 1.807) is 16.9 Å². The molecule has 0 fully saturated rings. The van der Waals surface area contributed by atoms with Gasteiger partial charge in [-0.1, -0.05) is 24.3 Å². The van der Waals surface area contributed by atoms with Crippen molar-refractivity contribution in [1.29, 1.82) is 0 Å². The number of rotatable bonds is 5. The molecule has 6 heteroatoms. The van der Waals surface area contributed by atoms with E-state index in [1.807, 2.05) is 43.5 Å². The first-order chi connectivity index (χ1) is 12.1. The van der Waals surface area contributed by atoms with Crippen LogP contribution in [0.2, 0.25) is 0 Å². The molecular formula is C19H18FN3O2. The molecule has 1 amide bonds. The molecule has 0 saturated heterocycles. The van der Waals surface area contributed by atoms with Gasteiger partial charge in [0.05, 0.1) is 18.8 Å². The van der Waals surface area contributed by atoms with Crippen LogP contribution in [0.1, 0.15) is 28.9 Å². The van der Waals surface area contributed by atoms with Gasteiger partial charge in [0.2, 0.25) is 0 Å². The monoisotopic (exact) mass is 339 g/mol. The average molecular weight is 339 g/mol. The highest BCUT2D eigenvalue weighted by Gasteiger charge is 2.21. The van der Waals surface area contributed by atoms with E-state index >= 15 is 0 Å². The standard InChI is InChI=1S/C19H18FN3O2/c1-13(14-7-3-4-9-16(14)23-12-6-11-21-23)22-19(24)18-15(20)8-5-10-17(18)25-2/h3-13H,1-2H3,(H,22,24)/t13-/m0/s1. The van der Waals surface area contributed by atoms with E-state index in [-0.39, 0.29) is 17.4 Å². The molecule has 1 atom stereocenters. The molecule has 0 saturated carbocycles. The maximum absolute atomic E-state index is 14.1. The van der Waals surface area contributed by atoms with Crippen LogP contribution in [0.4, 0.5) is 4.39 Å². The maximum atomic E-state index is 14.1. The number of methoxy groups -OCH3 is 1. The van der Waals surface area contributed by atoms with E-state index < -0.39 is 11.7 Å². The molecule has 128 valence electrons. The zero-order valence-electron chi connectivity index (χ0n) is 13.9. The van der Waals surface area contributed by atoms with Gasteiger partial charge >= 0.3 is 0 Å². The molecule has 0 aliphatic carbocycles. The van der Waals surface area contributed by atoms with Gasteiger partial charge < -0.3 is 10.1 Å². The summed E-state index contributed by atoms with van der Waals surface area (Å²) >= 11 is 0. The largest absolute Gasteiger partial charge is 0.496 e. The van der Waals surface area contributed by atoms with E-state index in [1.165, 1.54) is 19.2 Å². The number of amides is 1. The fourth-order valence-electron chi connectivity index (χ4n) is 2.72. The van der Waals surface area contributed by atoms with Crippen molar-refractivity contribution in [3.05, 3.63) is 77.9 Å². The second-order valence-corrected chi connectivity index (χ2v) is 5.52. The van der Waals surface area contributed by atoms with Gasteiger partial charge in [-0.2, -0.15) is 5.10 Å². The third-order valence-corrected chi connectivity index (χ3v) is 3.92. The smallest absolute Gasteiger partial charge is 0.258 e. The van der Waals surface area contributed by atoms with Crippen molar-refractivity contribution in [2.45, 2.75) is 13.0 Å². The van der Waals surface area contributed by atoms with Crippen LogP contribution in [0, 0.1) is 5.82 Å². The molecule has 5 nitrogen and oxygen atoms in total. The van der Waals surface area contributed by atoms with Crippen LogP contribution in [-0.2, 0) is 0 Å². The Morgan fingerprint density at radius 2 is 2.00 bits per heavy atom. The van der Waals surface area contributed by atoms with E-state index in [9.17, 15) is 9.18 Å². The average Bonchev–Trinajstić information content (AvgIpc) is 3.15. The van der Waals surface area contributed by atoms with Crippen molar-refractivity contribution in [3.8, 4) is 11.4 Å². The van der Waals surface area contributed by atoms with Crippen LogP contribution in [0.15, 0.2) is 60.9 Å². The van der Waals surface area contributed by atoms with Gasteiger partial charge in [-0.3, -0.25) is 4.79 Å². The highest BCUT2D eigenvalue weighted by Crippen LogP contribution is 2.24. The van der Waals surface area contributed by atoms with Crippen molar-refractivity contribution in [2.24, 2.45) is 0 Å². The van der Waals surface area contributed by atoms with Gasteiger partial charge in [-0.05, 0) is 36.8 Å². The summed E-state index contributed by atoms with van der Waals surface area (Å²) in [5.41, 5.74) is 1.61. The Balaban J connectivity index is 1.89. The Hall–Kier alpha value is -3.15. The van der Waals surface area contributed by atoms with Crippen LogP contribution in [0.25, 0.3) is 5.69 Å². The molecule has 0 spiro atoms. The summed E-state index contributed by atoms with van der Waals surface area (Å²) in [6.45, 7) is 1.84. The number of halogens is 1. The number of ether oxygens (including phenoxy) is 1. The van der Waals surface area contributed by atoms with Crippen molar-refractivity contribution in [2.75, 3.05) is 7.11 Å². The van der Waals surface area contributed by atoms with Crippen molar-refractivity contribution in [1.82, 2.24) is 15.1 Å². The molecule has 0 aliphatic heterocycles. The molecular weight excluding hydrogens is 321 g/mol. The lowest BCUT2D eigenvalue weighted by molar-refractivity contribution is 0.0932. The second kappa shape index (κ2) is 7.17. The Labute approximate surface area is 145 Å². The molecule has 2 aromatic carbocycles. The van der Waals surface area contributed by atoms with Gasteiger partial charge in [0, 0.05) is 12.4 Å². The molecule has 1 N–H and O–H groups in total. The molecule has 1 aromatic heterocycles. The third kappa shape index (κ3) is 3.38. The zero-order valence-corrected chi connectivity index (χ0v) is 13.9. The van der Waals surface area contributed by atoms with Gasteiger partial charge in [-0.15, -0.1) is 0 Å². The molecule has 0 bridgehead atoms. The highest BCUT2D eigenvalue weighted by atomic mass is 19.1. The lowest BCUT2D eigenvalue weighted by atomic mass is 10.0. The number of nitrogens with one attached hydrogen (secondary N) is 1. The number of carbonyl (C=O) groups excluding carboxylic acids is 1. The first-order valence-electron chi connectivity index (χ1n) is 7.84. The summed E-state index contributed by atoms with van der Waals surface area (Å²) in [5.74, 6) is -0.952. The molecule has 0 radical (unpaired) electrons. The van der Waals surface area contributed by atoms with Crippen molar-refractivity contribution < 1.29 is 13.9 Å². The molecule has 3 aromatic rings. The highest BCUT2D eigenvalue weighted by molar-refractivity contribution is 5.97. The first kappa shape index (κ1) is 16.7. The molecule has 1 heterocycles. The van der Waals surface area contributed by atoms with Crippen LogP contribution in [0.3, 0.4) is 0 Å². The number of hydrogen-bond acceptors (Lipinski definition) is 3. The number of para-hydroxylation sites is 1. The maximum Gasteiger partial charge on any atom is 0.258 e. The minimum absolute atomic E-state index is 0.103. The molecule has 3 rings (SSSR count). The summed E-state index contributed by atoms with van der Waals surface area (Å²) in [5, 5.41) is 7.06. The predicted octanol–water partition coefficient (Wildman–Crippen LogP) is 3.51. The SMILES string of the molecule is COc1cccc(F)c1C(=O)N[C@@H](C)c1ccccc1-n1cccn1. The van der Waals surface area contributed by atoms with Crippen molar-refractivity contribution >= 4 is 5.91 Å². The van der Waals surface area contributed by atoms with Crippen LogP contribution in [-0.4, -0.2) is 22.8 Å². The number of benzene rings is 2. The van der Waals surface area contributed by atoms with E-state index in [2.05, 4.69) is 10.4 Å². The van der Waals surface area contributed by atoms with Crippen LogP contribution >= 0.6 is 0 Å². The quantitative estimate of drug-likeness (QED) is 0.774. The zero-order chi connectivity index (χ0) is 17.8.